The first kappa shape index (κ1) is 13.8. The van der Waals surface area contributed by atoms with E-state index < -0.39 is 5.60 Å². The van der Waals surface area contributed by atoms with Gasteiger partial charge in [-0.05, 0) is 25.3 Å². The van der Waals surface area contributed by atoms with Gasteiger partial charge in [-0.2, -0.15) is 0 Å². The molecular formula is C15H19ClN2O2. The Hall–Kier alpha value is -1.13. The SMILES string of the molecule is O=C(c1cnccc1Cl)N1CCC2(O)CCCCC2C1. The van der Waals surface area contributed by atoms with Crippen LogP contribution < -0.4 is 0 Å². The van der Waals surface area contributed by atoms with Crippen molar-refractivity contribution in [3.05, 3.63) is 29.0 Å². The summed E-state index contributed by atoms with van der Waals surface area (Å²) in [5.74, 6) is 0.125. The lowest BCUT2D eigenvalue weighted by molar-refractivity contribution is -0.0886. The number of aromatic nitrogens is 1. The van der Waals surface area contributed by atoms with Gasteiger partial charge < -0.3 is 10.0 Å². The van der Waals surface area contributed by atoms with Crippen LogP contribution in [0.4, 0.5) is 0 Å². The highest BCUT2D eigenvalue weighted by molar-refractivity contribution is 6.33. The normalized spacial score (nSPS) is 29.9. The molecule has 1 amide bonds. The molecule has 0 spiro atoms. The van der Waals surface area contributed by atoms with Crippen LogP contribution in [0.25, 0.3) is 0 Å². The number of carbonyl (C=O) groups excluding carboxylic acids is 1. The topological polar surface area (TPSA) is 53.4 Å². The number of pyridine rings is 1. The number of hydrogen-bond acceptors (Lipinski definition) is 3. The molecule has 108 valence electrons. The van der Waals surface area contributed by atoms with Crippen molar-refractivity contribution in [3.63, 3.8) is 0 Å². The molecule has 1 N–H and O–H groups in total. The van der Waals surface area contributed by atoms with Gasteiger partial charge in [0, 0.05) is 31.4 Å². The van der Waals surface area contributed by atoms with E-state index in [-0.39, 0.29) is 11.8 Å². The third-order valence-electron chi connectivity index (χ3n) is 4.71. The molecule has 0 bridgehead atoms. The second-order valence-electron chi connectivity index (χ2n) is 5.90. The maximum Gasteiger partial charge on any atom is 0.256 e. The van der Waals surface area contributed by atoms with Crippen LogP contribution in [0.1, 0.15) is 42.5 Å². The molecule has 4 nitrogen and oxygen atoms in total. The molecule has 1 aliphatic carbocycles. The number of aliphatic hydroxyl groups is 1. The molecule has 1 aromatic heterocycles. The maximum absolute atomic E-state index is 12.5. The van der Waals surface area contributed by atoms with Crippen LogP contribution in [0.3, 0.4) is 0 Å². The van der Waals surface area contributed by atoms with Crippen molar-refractivity contribution in [1.82, 2.24) is 9.88 Å². The summed E-state index contributed by atoms with van der Waals surface area (Å²) in [6.45, 7) is 1.22. The molecule has 5 heteroatoms. The molecule has 2 heterocycles. The molecular weight excluding hydrogens is 276 g/mol. The van der Waals surface area contributed by atoms with Crippen LogP contribution in [-0.4, -0.2) is 39.6 Å². The number of amides is 1. The molecule has 3 rings (SSSR count). The summed E-state index contributed by atoms with van der Waals surface area (Å²) in [6, 6.07) is 1.63. The first-order valence-electron chi connectivity index (χ1n) is 7.21. The molecule has 2 unspecified atom stereocenters. The summed E-state index contributed by atoms with van der Waals surface area (Å²) in [5, 5.41) is 11.1. The third kappa shape index (κ3) is 2.42. The van der Waals surface area contributed by atoms with Crippen molar-refractivity contribution in [2.45, 2.75) is 37.7 Å². The lowest BCUT2D eigenvalue weighted by Crippen LogP contribution is -2.54. The van der Waals surface area contributed by atoms with E-state index in [0.717, 1.165) is 25.7 Å². The van der Waals surface area contributed by atoms with Crippen molar-refractivity contribution < 1.29 is 9.90 Å². The van der Waals surface area contributed by atoms with Gasteiger partial charge in [0.1, 0.15) is 0 Å². The van der Waals surface area contributed by atoms with E-state index in [0.29, 0.717) is 30.1 Å². The Bertz CT molecular complexity index is 522. The van der Waals surface area contributed by atoms with Gasteiger partial charge >= 0.3 is 0 Å². The Morgan fingerprint density at radius 2 is 2.30 bits per heavy atom. The average Bonchev–Trinajstić information content (AvgIpc) is 2.46. The molecule has 1 aromatic rings. The van der Waals surface area contributed by atoms with Gasteiger partial charge in [-0.1, -0.05) is 24.4 Å². The van der Waals surface area contributed by atoms with Crippen molar-refractivity contribution in [2.75, 3.05) is 13.1 Å². The number of hydrogen-bond donors (Lipinski definition) is 1. The van der Waals surface area contributed by atoms with Gasteiger partial charge in [-0.25, -0.2) is 0 Å². The largest absolute Gasteiger partial charge is 0.389 e. The first-order valence-corrected chi connectivity index (χ1v) is 7.59. The highest BCUT2D eigenvalue weighted by Crippen LogP contribution is 2.40. The van der Waals surface area contributed by atoms with Gasteiger partial charge in [0.2, 0.25) is 0 Å². The number of halogens is 1. The van der Waals surface area contributed by atoms with E-state index in [1.165, 1.54) is 6.20 Å². The molecule has 1 saturated carbocycles. The minimum Gasteiger partial charge on any atom is -0.389 e. The number of nitrogens with zero attached hydrogens (tertiary/aromatic N) is 2. The van der Waals surface area contributed by atoms with Crippen LogP contribution >= 0.6 is 11.6 Å². The zero-order valence-electron chi connectivity index (χ0n) is 11.4. The number of carbonyl (C=O) groups is 1. The fraction of sp³-hybridized carbons (Fsp3) is 0.600. The van der Waals surface area contributed by atoms with E-state index >= 15 is 0 Å². The molecule has 1 saturated heterocycles. The van der Waals surface area contributed by atoms with Crippen molar-refractivity contribution in [2.24, 2.45) is 5.92 Å². The molecule has 2 atom stereocenters. The zero-order chi connectivity index (χ0) is 14.2. The minimum absolute atomic E-state index is 0.0734. The molecule has 1 aliphatic heterocycles. The lowest BCUT2D eigenvalue weighted by atomic mass is 9.71. The molecule has 20 heavy (non-hydrogen) atoms. The van der Waals surface area contributed by atoms with Crippen LogP contribution in [0.5, 0.6) is 0 Å². The van der Waals surface area contributed by atoms with Gasteiger partial charge in [-0.3, -0.25) is 9.78 Å². The predicted molar refractivity (Wildman–Crippen MR) is 76.7 cm³/mol. The Balaban J connectivity index is 1.76. The van der Waals surface area contributed by atoms with Gasteiger partial charge in [0.05, 0.1) is 16.2 Å². The summed E-state index contributed by atoms with van der Waals surface area (Å²) in [5.41, 5.74) is -0.108. The fourth-order valence-electron chi connectivity index (χ4n) is 3.46. The predicted octanol–water partition coefficient (Wildman–Crippen LogP) is 2.50. The van der Waals surface area contributed by atoms with Crippen LogP contribution in [-0.2, 0) is 0 Å². The summed E-state index contributed by atoms with van der Waals surface area (Å²) in [7, 11) is 0. The highest BCUT2D eigenvalue weighted by Gasteiger charge is 2.43. The minimum atomic E-state index is -0.562. The Kier molecular flexibility index (Phi) is 3.69. The lowest BCUT2D eigenvalue weighted by Gasteiger charge is -2.47. The Morgan fingerprint density at radius 3 is 3.10 bits per heavy atom. The van der Waals surface area contributed by atoms with Gasteiger partial charge in [-0.15, -0.1) is 0 Å². The Morgan fingerprint density at radius 1 is 1.45 bits per heavy atom. The molecule has 2 fully saturated rings. The van der Waals surface area contributed by atoms with Crippen LogP contribution in [0.2, 0.25) is 5.02 Å². The molecule has 0 radical (unpaired) electrons. The van der Waals surface area contributed by atoms with Crippen molar-refractivity contribution in [1.29, 1.82) is 0 Å². The summed E-state index contributed by atoms with van der Waals surface area (Å²) >= 11 is 6.07. The van der Waals surface area contributed by atoms with E-state index in [4.69, 9.17) is 11.6 Å². The van der Waals surface area contributed by atoms with Gasteiger partial charge in [0.25, 0.3) is 5.91 Å². The van der Waals surface area contributed by atoms with Crippen LogP contribution in [0.15, 0.2) is 18.5 Å². The average molecular weight is 295 g/mol. The fourth-order valence-corrected chi connectivity index (χ4v) is 3.65. The van der Waals surface area contributed by atoms with E-state index in [1.807, 2.05) is 4.90 Å². The number of rotatable bonds is 1. The second-order valence-corrected chi connectivity index (χ2v) is 6.31. The van der Waals surface area contributed by atoms with E-state index in [9.17, 15) is 9.90 Å². The molecule has 2 aliphatic rings. The summed E-state index contributed by atoms with van der Waals surface area (Å²) < 4.78 is 0. The van der Waals surface area contributed by atoms with Crippen molar-refractivity contribution >= 4 is 17.5 Å². The highest BCUT2D eigenvalue weighted by atomic mass is 35.5. The summed E-state index contributed by atoms with van der Waals surface area (Å²) in [4.78, 5) is 18.3. The third-order valence-corrected chi connectivity index (χ3v) is 5.04. The number of likely N-dealkylation sites (tertiary alicyclic amines) is 1. The second kappa shape index (κ2) is 5.34. The van der Waals surface area contributed by atoms with E-state index in [1.54, 1.807) is 12.3 Å². The quantitative estimate of drug-likeness (QED) is 0.866. The maximum atomic E-state index is 12.5. The summed E-state index contributed by atoms with van der Waals surface area (Å²) in [6.07, 6.45) is 7.87. The van der Waals surface area contributed by atoms with Crippen molar-refractivity contribution in [3.8, 4) is 0 Å². The standard InChI is InChI=1S/C15H19ClN2O2/c16-13-4-7-17-9-12(13)14(19)18-8-6-15(20)5-2-1-3-11(15)10-18/h4,7,9,11,20H,1-3,5-6,8,10H2. The first-order chi connectivity index (χ1) is 9.60. The zero-order valence-corrected chi connectivity index (χ0v) is 12.1. The monoisotopic (exact) mass is 294 g/mol. The van der Waals surface area contributed by atoms with Gasteiger partial charge in [0.15, 0.2) is 0 Å². The smallest absolute Gasteiger partial charge is 0.256 e. The van der Waals surface area contributed by atoms with Crippen LogP contribution in [0, 0.1) is 5.92 Å². The Labute approximate surface area is 123 Å². The number of fused-ring (bicyclic) bond motifs is 1. The van der Waals surface area contributed by atoms with E-state index in [2.05, 4.69) is 4.98 Å². The number of piperidine rings is 1. The molecule has 0 aromatic carbocycles.